The Balaban J connectivity index is 1.49. The van der Waals surface area contributed by atoms with Gasteiger partial charge in [0.1, 0.15) is 5.84 Å². The molecule has 4 rings (SSSR count). The first-order valence-electron chi connectivity index (χ1n) is 10.7. The first kappa shape index (κ1) is 22.3. The van der Waals surface area contributed by atoms with E-state index in [0.29, 0.717) is 43.9 Å². The summed E-state index contributed by atoms with van der Waals surface area (Å²) in [7, 11) is -3.52. The lowest BCUT2D eigenvalue weighted by Crippen LogP contribution is -2.64. The minimum absolute atomic E-state index is 0.326. The highest BCUT2D eigenvalue weighted by molar-refractivity contribution is 7.89. The van der Waals surface area contributed by atoms with Gasteiger partial charge in [-0.25, -0.2) is 8.42 Å². The van der Waals surface area contributed by atoms with E-state index >= 15 is 0 Å². The number of nitrogens with one attached hydrogen (secondary N) is 2. The molecule has 1 fully saturated rings. The van der Waals surface area contributed by atoms with E-state index in [1.165, 1.54) is 0 Å². The third kappa shape index (κ3) is 4.51. The first-order chi connectivity index (χ1) is 14.8. The van der Waals surface area contributed by atoms with Crippen LogP contribution in [0.2, 0.25) is 5.02 Å². The Hall–Kier alpha value is -1.93. The molecule has 31 heavy (non-hydrogen) atoms. The van der Waals surface area contributed by atoms with Crippen LogP contribution in [-0.2, 0) is 16.6 Å². The van der Waals surface area contributed by atoms with Gasteiger partial charge in [0.2, 0.25) is 10.0 Å². The Bertz CT molecular complexity index is 1090. The minimum Gasteiger partial charge on any atom is -0.368 e. The Morgan fingerprint density at radius 2 is 1.90 bits per heavy atom. The van der Waals surface area contributed by atoms with E-state index in [0.717, 1.165) is 34.1 Å². The smallest absolute Gasteiger partial charge is 0.243 e. The second-order valence-corrected chi connectivity index (χ2v) is 10.7. The predicted octanol–water partition coefficient (Wildman–Crippen LogP) is 3.27. The number of piperidine rings is 1. The Morgan fingerprint density at radius 1 is 1.16 bits per heavy atom. The summed E-state index contributed by atoms with van der Waals surface area (Å²) in [6.45, 7) is 6.77. The number of amidine groups is 1. The molecule has 0 bridgehead atoms. The molecule has 0 unspecified atom stereocenters. The molecule has 8 heteroatoms. The number of aliphatic imine (C=N–C) groups is 1. The molecule has 2 aliphatic heterocycles. The van der Waals surface area contributed by atoms with Crippen LogP contribution in [0.4, 0.5) is 0 Å². The van der Waals surface area contributed by atoms with E-state index in [2.05, 4.69) is 10.6 Å². The number of rotatable bonds is 4. The molecule has 0 radical (unpaired) electrons. The van der Waals surface area contributed by atoms with Gasteiger partial charge in [0.05, 0.1) is 17.0 Å². The molecule has 2 aliphatic rings. The van der Waals surface area contributed by atoms with Crippen molar-refractivity contribution in [2.24, 2.45) is 4.99 Å². The van der Waals surface area contributed by atoms with Crippen molar-refractivity contribution in [2.75, 3.05) is 26.2 Å². The van der Waals surface area contributed by atoms with Crippen molar-refractivity contribution in [1.82, 2.24) is 14.9 Å². The van der Waals surface area contributed by atoms with Gasteiger partial charge >= 0.3 is 0 Å². The van der Waals surface area contributed by atoms with Crippen molar-refractivity contribution >= 4 is 27.5 Å². The monoisotopic (exact) mass is 460 g/mol. The van der Waals surface area contributed by atoms with Crippen molar-refractivity contribution < 1.29 is 8.42 Å². The molecule has 2 aromatic rings. The number of halogens is 1. The lowest BCUT2D eigenvalue weighted by Gasteiger charge is -2.44. The van der Waals surface area contributed by atoms with Gasteiger partial charge in [-0.15, -0.1) is 0 Å². The topological polar surface area (TPSA) is 73.8 Å². The highest BCUT2D eigenvalue weighted by atomic mass is 35.5. The van der Waals surface area contributed by atoms with Crippen LogP contribution in [0.25, 0.3) is 0 Å². The fourth-order valence-electron chi connectivity index (χ4n) is 4.39. The third-order valence-electron chi connectivity index (χ3n) is 6.24. The number of benzene rings is 2. The van der Waals surface area contributed by atoms with Crippen molar-refractivity contribution in [3.8, 4) is 0 Å². The Labute approximate surface area is 189 Å². The number of nitrogens with zero attached hydrogens (tertiary/aromatic N) is 2. The summed E-state index contributed by atoms with van der Waals surface area (Å²) in [5.41, 5.74) is 2.42. The summed E-state index contributed by atoms with van der Waals surface area (Å²) in [5, 5.41) is 7.82. The fourth-order valence-corrected chi connectivity index (χ4v) is 6.34. The van der Waals surface area contributed by atoms with E-state index in [1.54, 1.807) is 10.4 Å². The van der Waals surface area contributed by atoms with Crippen molar-refractivity contribution in [1.29, 1.82) is 0 Å². The Kier molecular flexibility index (Phi) is 6.40. The van der Waals surface area contributed by atoms with E-state index in [-0.39, 0.29) is 5.54 Å². The molecule has 0 atom stereocenters. The maximum atomic E-state index is 13.3. The van der Waals surface area contributed by atoms with Gasteiger partial charge in [-0.1, -0.05) is 41.9 Å². The largest absolute Gasteiger partial charge is 0.368 e. The van der Waals surface area contributed by atoms with Crippen LogP contribution in [-0.4, -0.2) is 50.3 Å². The van der Waals surface area contributed by atoms with E-state index in [4.69, 9.17) is 16.6 Å². The minimum atomic E-state index is -3.52. The summed E-state index contributed by atoms with van der Waals surface area (Å²) in [4.78, 5) is 5.16. The molecule has 0 amide bonds. The van der Waals surface area contributed by atoms with Crippen LogP contribution in [0.5, 0.6) is 0 Å². The zero-order valence-corrected chi connectivity index (χ0v) is 19.6. The average Bonchev–Trinajstić information content (AvgIpc) is 2.76. The quantitative estimate of drug-likeness (QED) is 0.734. The van der Waals surface area contributed by atoms with Crippen molar-refractivity contribution in [2.45, 2.75) is 43.7 Å². The standard InChI is InChI=1S/C23H29ClN4O2S/c1-17-7-8-18(2)21(15-17)31(29,30)28-13-9-23(10-14-28)22(25-11-12-27-23)26-16-19-5-3-4-6-20(19)24/h3-8,15,27H,9-14,16H2,1-2H3,(H,25,26). The summed E-state index contributed by atoms with van der Waals surface area (Å²) < 4.78 is 28.2. The number of hydrogen-bond donors (Lipinski definition) is 2. The second kappa shape index (κ2) is 8.90. The van der Waals surface area contributed by atoms with Gasteiger partial charge in [-0.05, 0) is 55.5 Å². The zero-order valence-electron chi connectivity index (χ0n) is 18.0. The predicted molar refractivity (Wildman–Crippen MR) is 125 cm³/mol. The molecule has 0 aromatic heterocycles. The molecule has 6 nitrogen and oxygen atoms in total. The maximum absolute atomic E-state index is 13.3. The van der Waals surface area contributed by atoms with Gasteiger partial charge in [-0.3, -0.25) is 4.99 Å². The molecule has 2 aromatic carbocycles. The van der Waals surface area contributed by atoms with Crippen LogP contribution < -0.4 is 10.6 Å². The van der Waals surface area contributed by atoms with Crippen LogP contribution in [0.15, 0.2) is 52.4 Å². The number of sulfonamides is 1. The third-order valence-corrected chi connectivity index (χ3v) is 8.65. The molecule has 0 aliphatic carbocycles. The Morgan fingerprint density at radius 3 is 2.65 bits per heavy atom. The number of aryl methyl sites for hydroxylation is 2. The fraction of sp³-hybridized carbons (Fsp3) is 0.435. The molecule has 2 N–H and O–H groups in total. The second-order valence-electron chi connectivity index (χ2n) is 8.36. The number of hydrogen-bond acceptors (Lipinski definition) is 5. The van der Waals surface area contributed by atoms with Gasteiger partial charge < -0.3 is 10.6 Å². The molecule has 1 spiro atoms. The first-order valence-corrected chi connectivity index (χ1v) is 12.5. The molecule has 1 saturated heterocycles. The van der Waals surface area contributed by atoms with E-state index in [9.17, 15) is 8.42 Å². The molecular formula is C23H29ClN4O2S. The van der Waals surface area contributed by atoms with Gasteiger partial charge in [0.15, 0.2) is 0 Å². The highest BCUT2D eigenvalue weighted by Crippen LogP contribution is 2.30. The van der Waals surface area contributed by atoms with Gasteiger partial charge in [-0.2, -0.15) is 4.31 Å². The molecular weight excluding hydrogens is 432 g/mol. The van der Waals surface area contributed by atoms with Crippen LogP contribution >= 0.6 is 11.6 Å². The van der Waals surface area contributed by atoms with Crippen molar-refractivity contribution in [3.05, 3.63) is 64.2 Å². The normalized spacial score (nSPS) is 19.3. The highest BCUT2D eigenvalue weighted by Gasteiger charge is 2.43. The summed E-state index contributed by atoms with van der Waals surface area (Å²) in [6, 6.07) is 13.4. The summed E-state index contributed by atoms with van der Waals surface area (Å²) in [6.07, 6.45) is 1.34. The van der Waals surface area contributed by atoms with Crippen molar-refractivity contribution in [3.63, 3.8) is 0 Å². The lowest BCUT2D eigenvalue weighted by molar-refractivity contribution is 0.241. The molecule has 0 saturated carbocycles. The SMILES string of the molecule is Cc1ccc(C)c(S(=O)(=O)N2CCC3(CC2)NCCN=C3NCc2ccccc2Cl)c1. The summed E-state index contributed by atoms with van der Waals surface area (Å²) in [5.74, 6) is 0.905. The van der Waals surface area contributed by atoms with E-state index < -0.39 is 10.0 Å². The zero-order chi connectivity index (χ0) is 22.1. The van der Waals surface area contributed by atoms with Gasteiger partial charge in [0.25, 0.3) is 0 Å². The van der Waals surface area contributed by atoms with Crippen LogP contribution in [0.3, 0.4) is 0 Å². The summed E-state index contributed by atoms with van der Waals surface area (Å²) >= 11 is 6.30. The van der Waals surface area contributed by atoms with Crippen LogP contribution in [0, 0.1) is 13.8 Å². The maximum Gasteiger partial charge on any atom is 0.243 e. The lowest BCUT2D eigenvalue weighted by atomic mass is 9.85. The molecule has 2 heterocycles. The van der Waals surface area contributed by atoms with E-state index in [1.807, 2.05) is 50.2 Å². The average molecular weight is 461 g/mol. The molecule has 166 valence electrons. The van der Waals surface area contributed by atoms with Crippen LogP contribution in [0.1, 0.15) is 29.5 Å². The van der Waals surface area contributed by atoms with Gasteiger partial charge in [0, 0.05) is 31.2 Å².